The normalized spacial score (nSPS) is 28.3. The second kappa shape index (κ2) is 3.50. The Labute approximate surface area is 108 Å². The van der Waals surface area contributed by atoms with Gasteiger partial charge in [0.05, 0.1) is 7.11 Å². The summed E-state index contributed by atoms with van der Waals surface area (Å²) in [5.41, 5.74) is 2.42. The van der Waals surface area contributed by atoms with Crippen molar-refractivity contribution in [3.8, 4) is 5.75 Å². The second-order valence-corrected chi connectivity index (χ2v) is 5.96. The minimum absolute atomic E-state index is 0.0616. The molecular formula is C15H19NO2. The van der Waals surface area contributed by atoms with E-state index in [2.05, 4.69) is 31.3 Å². The van der Waals surface area contributed by atoms with E-state index in [1.165, 1.54) is 11.1 Å². The number of aryl methyl sites for hydroxylation is 1. The Hall–Kier alpha value is -1.51. The minimum atomic E-state index is -0.179. The zero-order valence-corrected chi connectivity index (χ0v) is 11.2. The fourth-order valence-electron chi connectivity index (χ4n) is 3.67. The van der Waals surface area contributed by atoms with Gasteiger partial charge in [-0.25, -0.2) is 0 Å². The van der Waals surface area contributed by atoms with Crippen LogP contribution in [-0.2, 0) is 16.6 Å². The molecule has 1 atom stereocenters. The molecule has 1 N–H and O–H groups in total. The van der Waals surface area contributed by atoms with Gasteiger partial charge in [0.2, 0.25) is 5.91 Å². The van der Waals surface area contributed by atoms with Gasteiger partial charge in [-0.1, -0.05) is 6.07 Å². The Balaban J connectivity index is 2.16. The number of carbonyl (C=O) groups excluding carboxylic acids is 1. The van der Waals surface area contributed by atoms with Gasteiger partial charge in [-0.15, -0.1) is 0 Å². The van der Waals surface area contributed by atoms with E-state index in [4.69, 9.17) is 4.74 Å². The molecule has 3 nitrogen and oxygen atoms in total. The summed E-state index contributed by atoms with van der Waals surface area (Å²) in [7, 11) is 1.69. The average Bonchev–Trinajstić information content (AvgIpc) is 2.78. The molecule has 1 fully saturated rings. The van der Waals surface area contributed by atoms with Gasteiger partial charge in [-0.3, -0.25) is 4.79 Å². The molecule has 3 heteroatoms. The van der Waals surface area contributed by atoms with Crippen LogP contribution >= 0.6 is 0 Å². The van der Waals surface area contributed by atoms with Crippen LogP contribution in [0.25, 0.3) is 0 Å². The van der Waals surface area contributed by atoms with Crippen molar-refractivity contribution in [1.29, 1.82) is 0 Å². The summed E-state index contributed by atoms with van der Waals surface area (Å²) in [6.45, 7) is 4.26. The summed E-state index contributed by atoms with van der Waals surface area (Å²) in [6.07, 6.45) is 2.69. The predicted octanol–water partition coefficient (Wildman–Crippen LogP) is 2.18. The fourth-order valence-corrected chi connectivity index (χ4v) is 3.67. The lowest BCUT2D eigenvalue weighted by Gasteiger charge is -2.38. The van der Waals surface area contributed by atoms with E-state index in [9.17, 15) is 4.79 Å². The van der Waals surface area contributed by atoms with Gasteiger partial charge < -0.3 is 10.1 Å². The lowest BCUT2D eigenvalue weighted by molar-refractivity contribution is -0.119. The fraction of sp³-hybridized carbons (Fsp3) is 0.533. The van der Waals surface area contributed by atoms with Gasteiger partial charge in [0.1, 0.15) is 5.75 Å². The average molecular weight is 245 g/mol. The molecule has 18 heavy (non-hydrogen) atoms. The maximum Gasteiger partial charge on any atom is 0.221 e. The van der Waals surface area contributed by atoms with Crippen LogP contribution in [0.4, 0.5) is 0 Å². The van der Waals surface area contributed by atoms with Crippen LogP contribution in [0.3, 0.4) is 0 Å². The summed E-state index contributed by atoms with van der Waals surface area (Å²) < 4.78 is 5.33. The Morgan fingerprint density at radius 3 is 2.72 bits per heavy atom. The molecule has 0 radical (unpaired) electrons. The highest BCUT2D eigenvalue weighted by Gasteiger charge is 2.56. The topological polar surface area (TPSA) is 38.3 Å². The molecule has 3 rings (SSSR count). The molecule has 1 aliphatic carbocycles. The molecule has 0 bridgehead atoms. The van der Waals surface area contributed by atoms with E-state index in [0.29, 0.717) is 6.42 Å². The molecular weight excluding hydrogens is 226 g/mol. The Kier molecular flexibility index (Phi) is 2.25. The molecule has 1 heterocycles. The first kappa shape index (κ1) is 11.6. The number of methoxy groups -OCH3 is 1. The molecule has 1 saturated heterocycles. The third-order valence-corrected chi connectivity index (χ3v) is 4.76. The number of carbonyl (C=O) groups is 1. The molecule has 1 amide bonds. The van der Waals surface area contributed by atoms with Crippen LogP contribution in [0.15, 0.2) is 18.2 Å². The number of amides is 1. The van der Waals surface area contributed by atoms with Gasteiger partial charge in [0.15, 0.2) is 0 Å². The van der Waals surface area contributed by atoms with E-state index in [1.807, 2.05) is 6.07 Å². The van der Waals surface area contributed by atoms with Gasteiger partial charge in [-0.05, 0) is 49.9 Å². The Bertz CT molecular complexity index is 521. The van der Waals surface area contributed by atoms with E-state index in [1.54, 1.807) is 7.11 Å². The maximum atomic E-state index is 11.8. The van der Waals surface area contributed by atoms with E-state index >= 15 is 0 Å². The number of hydrogen-bond donors (Lipinski definition) is 1. The van der Waals surface area contributed by atoms with Crippen molar-refractivity contribution in [2.24, 2.45) is 0 Å². The molecule has 1 aliphatic heterocycles. The third-order valence-electron chi connectivity index (χ3n) is 4.76. The number of hydrogen-bond acceptors (Lipinski definition) is 2. The monoisotopic (exact) mass is 245 g/mol. The summed E-state index contributed by atoms with van der Waals surface area (Å²) in [4.78, 5) is 11.8. The zero-order chi connectivity index (χ0) is 13.0. The Morgan fingerprint density at radius 2 is 2.11 bits per heavy atom. The minimum Gasteiger partial charge on any atom is -0.497 e. The molecule has 1 unspecified atom stereocenters. The predicted molar refractivity (Wildman–Crippen MR) is 69.8 cm³/mol. The number of nitrogens with one attached hydrogen (secondary N) is 1. The standard InChI is InChI=1S/C15H19NO2/c1-14(2)15(9-13(17)16-14)7-6-10-4-5-11(18-3)8-12(10)15/h4-5,8H,6-7,9H2,1-3H3,(H,16,17). The highest BCUT2D eigenvalue weighted by molar-refractivity contribution is 5.83. The number of rotatable bonds is 1. The van der Waals surface area contributed by atoms with Crippen LogP contribution in [0.1, 0.15) is 37.8 Å². The number of benzene rings is 1. The zero-order valence-electron chi connectivity index (χ0n) is 11.2. The lowest BCUT2D eigenvalue weighted by Crippen LogP contribution is -2.48. The smallest absolute Gasteiger partial charge is 0.221 e. The highest BCUT2D eigenvalue weighted by Crippen LogP contribution is 2.52. The van der Waals surface area contributed by atoms with Crippen molar-refractivity contribution < 1.29 is 9.53 Å². The van der Waals surface area contributed by atoms with Gasteiger partial charge in [0.25, 0.3) is 0 Å². The van der Waals surface area contributed by atoms with Crippen molar-refractivity contribution >= 4 is 5.91 Å². The summed E-state index contributed by atoms with van der Waals surface area (Å²) >= 11 is 0. The molecule has 0 aromatic heterocycles. The van der Waals surface area contributed by atoms with Crippen molar-refractivity contribution in [3.63, 3.8) is 0 Å². The van der Waals surface area contributed by atoms with Crippen LogP contribution in [-0.4, -0.2) is 18.6 Å². The first-order valence-electron chi connectivity index (χ1n) is 6.47. The summed E-state index contributed by atoms with van der Waals surface area (Å²) in [5.74, 6) is 1.04. The van der Waals surface area contributed by atoms with Crippen molar-refractivity contribution in [2.45, 2.75) is 44.1 Å². The van der Waals surface area contributed by atoms with E-state index in [0.717, 1.165) is 18.6 Å². The molecule has 0 saturated carbocycles. The molecule has 96 valence electrons. The quantitative estimate of drug-likeness (QED) is 0.823. The van der Waals surface area contributed by atoms with Crippen molar-refractivity contribution in [2.75, 3.05) is 7.11 Å². The highest BCUT2D eigenvalue weighted by atomic mass is 16.5. The van der Waals surface area contributed by atoms with Crippen LogP contribution < -0.4 is 10.1 Å². The first-order valence-corrected chi connectivity index (χ1v) is 6.47. The largest absolute Gasteiger partial charge is 0.497 e. The van der Waals surface area contributed by atoms with Gasteiger partial charge in [-0.2, -0.15) is 0 Å². The van der Waals surface area contributed by atoms with Crippen molar-refractivity contribution in [1.82, 2.24) is 5.32 Å². The van der Waals surface area contributed by atoms with Crippen molar-refractivity contribution in [3.05, 3.63) is 29.3 Å². The molecule has 1 spiro atoms. The maximum absolute atomic E-state index is 11.8. The molecule has 1 aromatic rings. The number of fused-ring (bicyclic) bond motifs is 2. The first-order chi connectivity index (χ1) is 8.48. The summed E-state index contributed by atoms with van der Waals surface area (Å²) in [5, 5.41) is 3.12. The van der Waals surface area contributed by atoms with Gasteiger partial charge >= 0.3 is 0 Å². The second-order valence-electron chi connectivity index (χ2n) is 5.96. The van der Waals surface area contributed by atoms with Crippen LogP contribution in [0.5, 0.6) is 5.75 Å². The molecule has 2 aliphatic rings. The molecule has 1 aromatic carbocycles. The summed E-state index contributed by atoms with van der Waals surface area (Å²) in [6, 6.07) is 6.27. The third kappa shape index (κ3) is 1.33. The lowest BCUT2D eigenvalue weighted by atomic mass is 9.68. The van der Waals surface area contributed by atoms with E-state index in [-0.39, 0.29) is 16.9 Å². The van der Waals surface area contributed by atoms with E-state index < -0.39 is 0 Å². The Morgan fingerprint density at radius 1 is 1.33 bits per heavy atom. The SMILES string of the molecule is COc1ccc2c(c1)C1(CC2)CC(=O)NC1(C)C. The van der Waals surface area contributed by atoms with Crippen LogP contribution in [0, 0.1) is 0 Å². The number of ether oxygens (including phenoxy) is 1. The van der Waals surface area contributed by atoms with Gasteiger partial charge in [0, 0.05) is 17.4 Å². The van der Waals surface area contributed by atoms with Crippen LogP contribution in [0.2, 0.25) is 0 Å².